The summed E-state index contributed by atoms with van der Waals surface area (Å²) in [5.74, 6) is -1.27. The Morgan fingerprint density at radius 1 is 1.20 bits per heavy atom. The first-order valence-electron chi connectivity index (χ1n) is 6.30. The van der Waals surface area contributed by atoms with E-state index in [9.17, 15) is 13.2 Å². The van der Waals surface area contributed by atoms with Crippen LogP contribution >= 0.6 is 0 Å². The van der Waals surface area contributed by atoms with Crippen molar-refractivity contribution in [3.8, 4) is 0 Å². The second kappa shape index (κ2) is 7.37. The number of hydrogen-bond donors (Lipinski definition) is 2. The Morgan fingerprint density at radius 2 is 1.85 bits per heavy atom. The summed E-state index contributed by atoms with van der Waals surface area (Å²) in [5, 5.41) is 17.7. The molecule has 1 rings (SSSR count). The number of carbonyl (C=O) groups is 1. The first-order valence-corrected chi connectivity index (χ1v) is 7.74. The second-order valence-electron chi connectivity index (χ2n) is 4.41. The molecule has 1 aromatic rings. The van der Waals surface area contributed by atoms with Crippen molar-refractivity contribution in [1.29, 1.82) is 0 Å². The topological polar surface area (TPSA) is 94.9 Å². The Bertz CT molecular complexity index is 556. The van der Waals surface area contributed by atoms with Crippen molar-refractivity contribution < 1.29 is 23.4 Å². The third-order valence-electron chi connectivity index (χ3n) is 2.94. The molecular weight excluding hydrogens is 282 g/mol. The van der Waals surface area contributed by atoms with E-state index in [1.54, 1.807) is 0 Å². The number of aliphatic hydroxyl groups excluding tert-OH is 1. The van der Waals surface area contributed by atoms with E-state index in [0.29, 0.717) is 12.8 Å². The van der Waals surface area contributed by atoms with E-state index in [1.165, 1.54) is 31.3 Å². The van der Waals surface area contributed by atoms with Gasteiger partial charge in [-0.3, -0.25) is 0 Å². The Morgan fingerprint density at radius 3 is 2.45 bits per heavy atom. The molecule has 0 saturated heterocycles. The lowest BCUT2D eigenvalue weighted by Crippen LogP contribution is -2.29. The number of unbranched alkanes of at least 4 members (excludes halogenated alkanes) is 2. The van der Waals surface area contributed by atoms with E-state index in [2.05, 4.69) is 0 Å². The molecule has 0 aliphatic rings. The van der Waals surface area contributed by atoms with Crippen molar-refractivity contribution in [2.75, 3.05) is 20.2 Å². The van der Waals surface area contributed by atoms with Crippen molar-refractivity contribution >= 4 is 16.0 Å². The van der Waals surface area contributed by atoms with Gasteiger partial charge >= 0.3 is 5.97 Å². The normalized spacial score (nSPS) is 11.8. The van der Waals surface area contributed by atoms with Gasteiger partial charge in [-0.2, -0.15) is 0 Å². The number of benzene rings is 1. The average Bonchev–Trinajstić information content (AvgIpc) is 2.43. The molecule has 0 aliphatic heterocycles. The largest absolute Gasteiger partial charge is 0.478 e. The van der Waals surface area contributed by atoms with E-state index in [1.807, 2.05) is 0 Å². The van der Waals surface area contributed by atoms with E-state index < -0.39 is 16.0 Å². The molecule has 0 radical (unpaired) electrons. The van der Waals surface area contributed by atoms with Gasteiger partial charge in [-0.15, -0.1) is 0 Å². The number of rotatable bonds is 8. The smallest absolute Gasteiger partial charge is 0.337 e. The molecule has 0 aromatic heterocycles. The van der Waals surface area contributed by atoms with Crippen LogP contribution in [0.15, 0.2) is 29.2 Å². The molecule has 7 heteroatoms. The zero-order valence-electron chi connectivity index (χ0n) is 11.3. The lowest BCUT2D eigenvalue weighted by atomic mass is 10.2. The fourth-order valence-corrected chi connectivity index (χ4v) is 3.17. The number of sulfonamides is 1. The fraction of sp³-hybridized carbons (Fsp3) is 0.462. The summed E-state index contributed by atoms with van der Waals surface area (Å²) in [6.45, 7) is 0.370. The quantitative estimate of drug-likeness (QED) is 0.703. The van der Waals surface area contributed by atoms with Gasteiger partial charge in [-0.25, -0.2) is 17.5 Å². The van der Waals surface area contributed by atoms with E-state index in [-0.39, 0.29) is 23.6 Å². The Hall–Kier alpha value is -1.44. The van der Waals surface area contributed by atoms with Crippen LogP contribution in [-0.2, 0) is 10.0 Å². The lowest BCUT2D eigenvalue weighted by Gasteiger charge is -2.18. The van der Waals surface area contributed by atoms with Gasteiger partial charge in [0.2, 0.25) is 10.0 Å². The molecule has 112 valence electrons. The maximum Gasteiger partial charge on any atom is 0.337 e. The summed E-state index contributed by atoms with van der Waals surface area (Å²) in [6.07, 6.45) is 1.96. The lowest BCUT2D eigenvalue weighted by molar-refractivity contribution is 0.0692. The first kappa shape index (κ1) is 16.6. The molecule has 20 heavy (non-hydrogen) atoms. The zero-order chi connectivity index (χ0) is 15.2. The minimum absolute atomic E-state index is 0.0817. The van der Waals surface area contributed by atoms with Crippen molar-refractivity contribution in [3.63, 3.8) is 0 Å². The second-order valence-corrected chi connectivity index (χ2v) is 6.43. The van der Waals surface area contributed by atoms with Gasteiger partial charge in [-0.05, 0) is 31.4 Å². The highest BCUT2D eigenvalue weighted by atomic mass is 32.2. The van der Waals surface area contributed by atoms with Crippen LogP contribution in [0.3, 0.4) is 0 Å². The molecule has 0 amide bonds. The van der Waals surface area contributed by atoms with Gasteiger partial charge in [0.15, 0.2) is 0 Å². The number of aromatic carboxylic acids is 1. The summed E-state index contributed by atoms with van der Waals surface area (Å²) in [7, 11) is -2.39. The highest BCUT2D eigenvalue weighted by Gasteiger charge is 2.25. The summed E-state index contributed by atoms with van der Waals surface area (Å²) < 4.78 is 25.8. The summed E-state index contributed by atoms with van der Waals surface area (Å²) in [6, 6.07) is 5.56. The molecule has 0 saturated carbocycles. The van der Waals surface area contributed by atoms with Gasteiger partial charge in [0.1, 0.15) is 0 Å². The number of carboxylic acids is 1. The van der Waals surface area contributed by atoms with Crippen LogP contribution in [0.25, 0.3) is 0 Å². The van der Waals surface area contributed by atoms with Crippen molar-refractivity contribution in [1.82, 2.24) is 4.31 Å². The highest BCUT2D eigenvalue weighted by molar-refractivity contribution is 7.89. The zero-order valence-corrected chi connectivity index (χ0v) is 12.1. The molecule has 0 bridgehead atoms. The molecule has 6 nitrogen and oxygen atoms in total. The van der Waals surface area contributed by atoms with Crippen molar-refractivity contribution in [2.24, 2.45) is 0 Å². The summed E-state index contributed by atoms with van der Waals surface area (Å²) >= 11 is 0. The predicted molar refractivity (Wildman–Crippen MR) is 74.2 cm³/mol. The molecule has 0 spiro atoms. The maximum absolute atomic E-state index is 12.3. The SMILES string of the molecule is CN(CCCCCO)S(=O)(=O)c1ccccc1C(=O)O. The molecule has 1 aromatic carbocycles. The van der Waals surface area contributed by atoms with Crippen LogP contribution in [0.5, 0.6) is 0 Å². The average molecular weight is 301 g/mol. The third kappa shape index (κ3) is 4.03. The van der Waals surface area contributed by atoms with Crippen LogP contribution in [0.4, 0.5) is 0 Å². The minimum Gasteiger partial charge on any atom is -0.478 e. The number of aliphatic hydroxyl groups is 1. The van der Waals surface area contributed by atoms with Gasteiger partial charge < -0.3 is 10.2 Å². The monoisotopic (exact) mass is 301 g/mol. The molecule has 0 fully saturated rings. The first-order chi connectivity index (χ1) is 9.41. The molecule has 0 aliphatic carbocycles. The summed E-state index contributed by atoms with van der Waals surface area (Å²) in [4.78, 5) is 10.9. The molecule has 2 N–H and O–H groups in total. The van der Waals surface area contributed by atoms with Gasteiger partial charge in [0.05, 0.1) is 10.5 Å². The number of carboxylic acid groups (broad SMARTS) is 1. The molecular formula is C13H19NO5S. The predicted octanol–water partition coefficient (Wildman–Crippen LogP) is 1.17. The van der Waals surface area contributed by atoms with Crippen LogP contribution in [-0.4, -0.2) is 49.1 Å². The van der Waals surface area contributed by atoms with Crippen molar-refractivity contribution in [2.45, 2.75) is 24.2 Å². The van der Waals surface area contributed by atoms with Crippen LogP contribution < -0.4 is 0 Å². The Kier molecular flexibility index (Phi) is 6.12. The van der Waals surface area contributed by atoms with E-state index >= 15 is 0 Å². The fourth-order valence-electron chi connectivity index (χ4n) is 1.78. The highest BCUT2D eigenvalue weighted by Crippen LogP contribution is 2.19. The number of hydrogen-bond acceptors (Lipinski definition) is 4. The molecule has 0 atom stereocenters. The molecule has 0 heterocycles. The third-order valence-corrected chi connectivity index (χ3v) is 4.85. The minimum atomic E-state index is -3.81. The Balaban J connectivity index is 2.90. The number of nitrogens with zero attached hydrogens (tertiary/aromatic N) is 1. The van der Waals surface area contributed by atoms with Gasteiger partial charge in [0.25, 0.3) is 0 Å². The van der Waals surface area contributed by atoms with Crippen LogP contribution in [0.1, 0.15) is 29.6 Å². The standard InChI is InChI=1S/C13H19NO5S/c1-14(9-5-2-6-10-15)20(18,19)12-8-4-3-7-11(12)13(16)17/h3-4,7-8,15H,2,5-6,9-10H2,1H3,(H,16,17). The van der Waals surface area contributed by atoms with E-state index in [0.717, 1.165) is 10.7 Å². The van der Waals surface area contributed by atoms with Crippen molar-refractivity contribution in [3.05, 3.63) is 29.8 Å². The van der Waals surface area contributed by atoms with Gasteiger partial charge in [0, 0.05) is 20.2 Å². The van der Waals surface area contributed by atoms with Gasteiger partial charge in [-0.1, -0.05) is 12.1 Å². The molecule has 0 unspecified atom stereocenters. The maximum atomic E-state index is 12.3. The van der Waals surface area contributed by atoms with E-state index in [4.69, 9.17) is 10.2 Å². The Labute approximate surface area is 118 Å². The van der Waals surface area contributed by atoms with Crippen LogP contribution in [0, 0.1) is 0 Å². The summed E-state index contributed by atoms with van der Waals surface area (Å²) in [5.41, 5.74) is -0.227. The van der Waals surface area contributed by atoms with Crippen LogP contribution in [0.2, 0.25) is 0 Å².